The van der Waals surface area contributed by atoms with Crippen molar-refractivity contribution in [1.29, 1.82) is 0 Å². The molecule has 2 aromatic rings. The maximum absolute atomic E-state index is 12.1. The van der Waals surface area contributed by atoms with E-state index in [4.69, 9.17) is 33.2 Å². The molecule has 0 saturated heterocycles. The molecule has 0 bridgehead atoms. The number of esters is 1. The van der Waals surface area contributed by atoms with Crippen LogP contribution in [0.5, 0.6) is 34.5 Å². The predicted molar refractivity (Wildman–Crippen MR) is 122 cm³/mol. The standard InChI is InChI=1S/C25H32O8/c1-14(26)33-23-17(15-10-19(27-2)24(31-6)20(11-15)28-3)8-9-18(23)16-12-21(29-4)25(32-7)22(13-16)30-5/h10-13,17-18,23H,8-9H2,1-7H3/t17-,18-/m0/s1. The predicted octanol–water partition coefficient (Wildman–Crippen LogP) is 4.33. The van der Waals surface area contributed by atoms with Crippen molar-refractivity contribution in [2.75, 3.05) is 42.7 Å². The Morgan fingerprint density at radius 2 is 0.970 bits per heavy atom. The number of carbonyl (C=O) groups is 1. The van der Waals surface area contributed by atoms with Gasteiger partial charge < -0.3 is 33.2 Å². The second kappa shape index (κ2) is 10.6. The summed E-state index contributed by atoms with van der Waals surface area (Å²) in [7, 11) is 9.46. The average Bonchev–Trinajstić information content (AvgIpc) is 3.24. The maximum atomic E-state index is 12.1. The minimum absolute atomic E-state index is 0.0632. The number of ether oxygens (including phenoxy) is 7. The highest BCUT2D eigenvalue weighted by molar-refractivity contribution is 5.67. The molecule has 3 rings (SSSR count). The molecule has 2 atom stereocenters. The van der Waals surface area contributed by atoms with E-state index >= 15 is 0 Å². The highest BCUT2D eigenvalue weighted by Gasteiger charge is 2.41. The van der Waals surface area contributed by atoms with Gasteiger partial charge in [-0.2, -0.15) is 0 Å². The van der Waals surface area contributed by atoms with Crippen LogP contribution in [0.3, 0.4) is 0 Å². The topological polar surface area (TPSA) is 81.7 Å². The largest absolute Gasteiger partial charge is 0.493 e. The molecular formula is C25H32O8. The summed E-state index contributed by atoms with van der Waals surface area (Å²) in [5.74, 6) is 2.82. The van der Waals surface area contributed by atoms with Crippen LogP contribution < -0.4 is 28.4 Å². The lowest BCUT2D eigenvalue weighted by Gasteiger charge is -2.27. The van der Waals surface area contributed by atoms with Gasteiger partial charge in [0.2, 0.25) is 11.5 Å². The number of carbonyl (C=O) groups excluding carboxylic acids is 1. The summed E-state index contributed by atoms with van der Waals surface area (Å²) in [6, 6.07) is 7.67. The van der Waals surface area contributed by atoms with Gasteiger partial charge in [0.25, 0.3) is 0 Å². The van der Waals surface area contributed by atoms with E-state index in [9.17, 15) is 4.79 Å². The number of methoxy groups -OCH3 is 6. The lowest BCUT2D eigenvalue weighted by molar-refractivity contribution is -0.147. The van der Waals surface area contributed by atoms with Crippen LogP contribution in [0.1, 0.15) is 42.7 Å². The smallest absolute Gasteiger partial charge is 0.302 e. The summed E-state index contributed by atoms with van der Waals surface area (Å²) in [5, 5.41) is 0. The Balaban J connectivity index is 2.07. The number of benzene rings is 2. The molecule has 0 heterocycles. The van der Waals surface area contributed by atoms with Crippen LogP contribution in [0.15, 0.2) is 24.3 Å². The molecule has 0 N–H and O–H groups in total. The van der Waals surface area contributed by atoms with Crippen LogP contribution >= 0.6 is 0 Å². The summed E-state index contributed by atoms with van der Waals surface area (Å²) in [5.41, 5.74) is 1.90. The summed E-state index contributed by atoms with van der Waals surface area (Å²) < 4.78 is 38.9. The zero-order chi connectivity index (χ0) is 24.1. The van der Waals surface area contributed by atoms with Crippen molar-refractivity contribution < 1.29 is 38.0 Å². The first-order valence-electron chi connectivity index (χ1n) is 10.7. The first kappa shape index (κ1) is 24.4. The number of hydrogen-bond donors (Lipinski definition) is 0. The van der Waals surface area contributed by atoms with Gasteiger partial charge in [-0.15, -0.1) is 0 Å². The molecule has 1 fully saturated rings. The quantitative estimate of drug-likeness (QED) is 0.512. The summed E-state index contributed by atoms with van der Waals surface area (Å²) in [6.07, 6.45) is 1.21. The van der Waals surface area contributed by atoms with Gasteiger partial charge in [0, 0.05) is 18.8 Å². The van der Waals surface area contributed by atoms with Gasteiger partial charge in [-0.3, -0.25) is 4.79 Å². The lowest BCUT2D eigenvalue weighted by atomic mass is 9.89. The van der Waals surface area contributed by atoms with Crippen LogP contribution in [-0.4, -0.2) is 54.7 Å². The Hall–Kier alpha value is -3.29. The van der Waals surface area contributed by atoms with Gasteiger partial charge in [-0.25, -0.2) is 0 Å². The maximum Gasteiger partial charge on any atom is 0.302 e. The molecule has 0 radical (unpaired) electrons. The van der Waals surface area contributed by atoms with Gasteiger partial charge in [-0.05, 0) is 48.2 Å². The number of hydrogen-bond acceptors (Lipinski definition) is 8. The van der Waals surface area contributed by atoms with Crippen LogP contribution in [0.4, 0.5) is 0 Å². The van der Waals surface area contributed by atoms with Crippen LogP contribution in [0.2, 0.25) is 0 Å². The molecule has 1 aliphatic carbocycles. The van der Waals surface area contributed by atoms with E-state index in [0.29, 0.717) is 34.5 Å². The van der Waals surface area contributed by atoms with Crippen molar-refractivity contribution in [3.63, 3.8) is 0 Å². The molecule has 0 aromatic heterocycles. The minimum atomic E-state index is -0.395. The molecular weight excluding hydrogens is 428 g/mol. The SMILES string of the molecule is COc1cc([C@@H]2CC[C@@H](c3cc(OC)c(OC)c(OC)c3)C2OC(C)=O)cc(OC)c1OC. The molecule has 33 heavy (non-hydrogen) atoms. The Bertz CT molecular complexity index is 865. The molecule has 1 aliphatic rings. The molecule has 180 valence electrons. The van der Waals surface area contributed by atoms with Crippen LogP contribution in [0, 0.1) is 0 Å². The summed E-state index contributed by atoms with van der Waals surface area (Å²) in [6.45, 7) is 1.43. The van der Waals surface area contributed by atoms with E-state index < -0.39 is 6.10 Å². The Morgan fingerprint density at radius 3 is 1.21 bits per heavy atom. The van der Waals surface area contributed by atoms with Crippen molar-refractivity contribution >= 4 is 5.97 Å². The minimum Gasteiger partial charge on any atom is -0.493 e. The van der Waals surface area contributed by atoms with Gasteiger partial charge in [0.15, 0.2) is 23.0 Å². The fourth-order valence-electron chi connectivity index (χ4n) is 4.67. The molecule has 8 nitrogen and oxygen atoms in total. The van der Waals surface area contributed by atoms with Gasteiger partial charge in [0.1, 0.15) is 6.10 Å². The van der Waals surface area contributed by atoms with Gasteiger partial charge >= 0.3 is 5.97 Å². The van der Waals surface area contributed by atoms with E-state index in [1.165, 1.54) is 6.92 Å². The number of rotatable bonds is 9. The normalized spacial score (nSPS) is 17.9. The lowest BCUT2D eigenvalue weighted by Crippen LogP contribution is -2.25. The van der Waals surface area contributed by atoms with Crippen LogP contribution in [-0.2, 0) is 9.53 Å². The molecule has 1 saturated carbocycles. The van der Waals surface area contributed by atoms with Gasteiger partial charge in [-0.1, -0.05) is 0 Å². The highest BCUT2D eigenvalue weighted by atomic mass is 16.5. The Labute approximate surface area is 194 Å². The summed E-state index contributed by atoms with van der Waals surface area (Å²) in [4.78, 5) is 12.1. The second-order valence-electron chi connectivity index (χ2n) is 7.78. The van der Waals surface area contributed by atoms with E-state index in [2.05, 4.69) is 0 Å². The zero-order valence-electron chi connectivity index (χ0n) is 20.2. The van der Waals surface area contributed by atoms with E-state index in [0.717, 1.165) is 24.0 Å². The fraction of sp³-hybridized carbons (Fsp3) is 0.480. The van der Waals surface area contributed by atoms with Crippen molar-refractivity contribution in [2.45, 2.75) is 37.7 Å². The zero-order valence-corrected chi connectivity index (χ0v) is 20.2. The fourth-order valence-corrected chi connectivity index (χ4v) is 4.67. The Kier molecular flexibility index (Phi) is 7.79. The third-order valence-corrected chi connectivity index (χ3v) is 6.11. The molecule has 8 heteroatoms. The molecule has 0 aliphatic heterocycles. The van der Waals surface area contributed by atoms with E-state index in [1.54, 1.807) is 42.7 Å². The van der Waals surface area contributed by atoms with E-state index in [1.807, 2.05) is 24.3 Å². The second-order valence-corrected chi connectivity index (χ2v) is 7.78. The first-order valence-corrected chi connectivity index (χ1v) is 10.7. The molecule has 0 spiro atoms. The monoisotopic (exact) mass is 460 g/mol. The average molecular weight is 461 g/mol. The molecule has 0 amide bonds. The van der Waals surface area contributed by atoms with E-state index in [-0.39, 0.29) is 17.8 Å². The third kappa shape index (κ3) is 4.74. The molecule has 2 aromatic carbocycles. The van der Waals surface area contributed by atoms with Crippen LogP contribution in [0.25, 0.3) is 0 Å². The van der Waals surface area contributed by atoms with Gasteiger partial charge in [0.05, 0.1) is 42.7 Å². The first-order chi connectivity index (χ1) is 15.9. The van der Waals surface area contributed by atoms with Crippen molar-refractivity contribution in [3.8, 4) is 34.5 Å². The highest BCUT2D eigenvalue weighted by Crippen LogP contribution is 2.51. The van der Waals surface area contributed by atoms with Crippen molar-refractivity contribution in [3.05, 3.63) is 35.4 Å². The van der Waals surface area contributed by atoms with Crippen molar-refractivity contribution in [1.82, 2.24) is 0 Å². The molecule has 0 unspecified atom stereocenters. The van der Waals surface area contributed by atoms with Crippen molar-refractivity contribution in [2.24, 2.45) is 0 Å². The summed E-state index contributed by atoms with van der Waals surface area (Å²) >= 11 is 0. The Morgan fingerprint density at radius 1 is 0.636 bits per heavy atom. The third-order valence-electron chi connectivity index (χ3n) is 6.11.